The number of imidazole rings is 1. The van der Waals surface area contributed by atoms with Gasteiger partial charge in [0.25, 0.3) is 0 Å². The van der Waals surface area contributed by atoms with Crippen molar-refractivity contribution in [3.63, 3.8) is 0 Å². The van der Waals surface area contributed by atoms with Crippen molar-refractivity contribution in [2.24, 2.45) is 5.41 Å². The summed E-state index contributed by atoms with van der Waals surface area (Å²) in [4.78, 5) is 19.2. The molecular weight excluding hydrogens is 432 g/mol. The smallest absolute Gasteiger partial charge is 0.415 e. The Bertz CT molecular complexity index is 1330. The molecule has 1 saturated carbocycles. The highest BCUT2D eigenvalue weighted by atomic mass is 16.6. The van der Waals surface area contributed by atoms with Crippen molar-refractivity contribution >= 4 is 22.8 Å². The zero-order chi connectivity index (χ0) is 23.3. The van der Waals surface area contributed by atoms with E-state index in [1.54, 1.807) is 11.0 Å². The molecule has 2 atom stereocenters. The number of nitriles is 1. The van der Waals surface area contributed by atoms with Gasteiger partial charge in [0.05, 0.1) is 41.2 Å². The second-order valence-electron chi connectivity index (χ2n) is 9.99. The summed E-state index contributed by atoms with van der Waals surface area (Å²) in [5.74, 6) is 1.37. The minimum Gasteiger partial charge on any atom is -0.486 e. The van der Waals surface area contributed by atoms with Gasteiger partial charge in [0.2, 0.25) is 0 Å². The van der Waals surface area contributed by atoms with Crippen LogP contribution in [0.1, 0.15) is 38.2 Å². The lowest BCUT2D eigenvalue weighted by molar-refractivity contribution is -0.0264. The Morgan fingerprint density at radius 3 is 2.82 bits per heavy atom. The fraction of sp³-hybridized carbons (Fsp3) is 0.423. The molecule has 0 N–H and O–H groups in total. The third-order valence-corrected chi connectivity index (χ3v) is 7.27. The maximum Gasteiger partial charge on any atom is 0.415 e. The second-order valence-corrected chi connectivity index (χ2v) is 9.99. The van der Waals surface area contributed by atoms with Gasteiger partial charge in [-0.05, 0) is 61.4 Å². The molecule has 34 heavy (non-hydrogen) atoms. The Hall–Kier alpha value is -3.73. The van der Waals surface area contributed by atoms with Crippen LogP contribution in [0.15, 0.2) is 42.7 Å². The van der Waals surface area contributed by atoms with Gasteiger partial charge in [-0.1, -0.05) is 6.92 Å². The fourth-order valence-electron chi connectivity index (χ4n) is 5.83. The van der Waals surface area contributed by atoms with Crippen LogP contribution in [0.4, 0.5) is 10.5 Å². The molecule has 1 spiro atoms. The molecule has 3 aromatic rings. The van der Waals surface area contributed by atoms with E-state index in [0.717, 1.165) is 48.9 Å². The topological polar surface area (TPSA) is 89.6 Å². The van der Waals surface area contributed by atoms with Crippen LogP contribution in [-0.2, 0) is 11.3 Å². The van der Waals surface area contributed by atoms with E-state index in [1.165, 1.54) is 0 Å². The predicted octanol–water partition coefficient (Wildman–Crippen LogP) is 4.66. The van der Waals surface area contributed by atoms with Gasteiger partial charge in [0.15, 0.2) is 11.5 Å². The molecule has 1 amide bonds. The molecule has 2 fully saturated rings. The number of aromatic nitrogens is 2. The normalized spacial score (nSPS) is 26.0. The number of rotatable bonds is 3. The molecule has 2 aromatic carbocycles. The van der Waals surface area contributed by atoms with Gasteiger partial charge < -0.3 is 18.8 Å². The third kappa shape index (κ3) is 3.52. The molecule has 0 unspecified atom stereocenters. The van der Waals surface area contributed by atoms with Crippen molar-refractivity contribution in [3.05, 3.63) is 48.3 Å². The first-order valence-corrected chi connectivity index (χ1v) is 11.7. The third-order valence-electron chi connectivity index (χ3n) is 7.27. The van der Waals surface area contributed by atoms with Crippen LogP contribution in [-0.4, -0.2) is 41.0 Å². The summed E-state index contributed by atoms with van der Waals surface area (Å²) >= 11 is 0. The number of nitrogens with zero attached hydrogens (tertiary/aromatic N) is 4. The lowest BCUT2D eigenvalue weighted by Gasteiger charge is -2.43. The van der Waals surface area contributed by atoms with Crippen molar-refractivity contribution in [2.75, 3.05) is 24.7 Å². The van der Waals surface area contributed by atoms with Gasteiger partial charge in [0.1, 0.15) is 18.8 Å². The first-order chi connectivity index (χ1) is 16.5. The number of hydrogen-bond acceptors (Lipinski definition) is 6. The van der Waals surface area contributed by atoms with Crippen LogP contribution in [0.25, 0.3) is 11.0 Å². The molecule has 6 rings (SSSR count). The number of fused-ring (bicyclic) bond motifs is 2. The molecule has 2 aliphatic heterocycles. The first-order valence-electron chi connectivity index (χ1n) is 11.7. The van der Waals surface area contributed by atoms with E-state index < -0.39 is 5.60 Å². The molecule has 174 valence electrons. The Morgan fingerprint density at radius 2 is 1.97 bits per heavy atom. The molecule has 1 saturated heterocycles. The van der Waals surface area contributed by atoms with Crippen LogP contribution < -0.4 is 14.4 Å². The van der Waals surface area contributed by atoms with Crippen molar-refractivity contribution < 1.29 is 19.0 Å². The average molecular weight is 459 g/mol. The summed E-state index contributed by atoms with van der Waals surface area (Å²) in [6, 6.07) is 13.4. The van der Waals surface area contributed by atoms with E-state index in [9.17, 15) is 10.1 Å². The molecule has 1 aromatic heterocycles. The quantitative estimate of drug-likeness (QED) is 0.567. The highest BCUT2D eigenvalue weighted by molar-refractivity contribution is 5.90. The van der Waals surface area contributed by atoms with Crippen LogP contribution >= 0.6 is 0 Å². The Morgan fingerprint density at radius 1 is 1.12 bits per heavy atom. The van der Waals surface area contributed by atoms with E-state index >= 15 is 0 Å². The zero-order valence-corrected chi connectivity index (χ0v) is 19.1. The average Bonchev–Trinajstić information content (AvgIpc) is 3.37. The predicted molar refractivity (Wildman–Crippen MR) is 125 cm³/mol. The number of carbonyl (C=O) groups excluding carboxylic acids is 1. The summed E-state index contributed by atoms with van der Waals surface area (Å²) in [5.41, 5.74) is 2.64. The minimum absolute atomic E-state index is 0.0718. The molecular formula is C26H26N4O4. The van der Waals surface area contributed by atoms with Gasteiger partial charge in [-0.15, -0.1) is 0 Å². The lowest BCUT2D eigenvalue weighted by Crippen LogP contribution is -2.45. The van der Waals surface area contributed by atoms with Crippen LogP contribution in [0.2, 0.25) is 0 Å². The Kier molecular flexibility index (Phi) is 4.70. The molecule has 3 aliphatic rings. The van der Waals surface area contributed by atoms with E-state index in [4.69, 9.17) is 14.2 Å². The zero-order valence-electron chi connectivity index (χ0n) is 19.1. The largest absolute Gasteiger partial charge is 0.486 e. The standard InChI is InChI=1S/C26H26N4O4/c1-25(15-29-17-28-20-5-3-18(13-27)11-21(20)29)7-2-8-26(14-25)16-30(24(31)34-26)19-4-6-22-23(12-19)33-10-9-32-22/h3-6,11-12,17H,2,7-10,14-16H2,1H3/t25-,26-/m0/s1. The lowest BCUT2D eigenvalue weighted by atomic mass is 9.68. The first kappa shape index (κ1) is 20.8. The fourth-order valence-corrected chi connectivity index (χ4v) is 5.83. The Labute approximate surface area is 197 Å². The number of benzene rings is 2. The molecule has 8 nitrogen and oxygen atoms in total. The molecule has 3 heterocycles. The highest BCUT2D eigenvalue weighted by Gasteiger charge is 2.51. The second kappa shape index (κ2) is 7.66. The monoisotopic (exact) mass is 458 g/mol. The van der Waals surface area contributed by atoms with Gasteiger partial charge in [-0.2, -0.15) is 5.26 Å². The molecule has 0 radical (unpaired) electrons. The molecule has 0 bridgehead atoms. The highest BCUT2D eigenvalue weighted by Crippen LogP contribution is 2.48. The number of carbonyl (C=O) groups is 1. The summed E-state index contributed by atoms with van der Waals surface area (Å²) in [6.45, 7) is 4.56. The SMILES string of the molecule is C[C@]1(Cn2cnc3ccc(C#N)cc32)CCC[C@@]2(CN(c3ccc4c(c3)OCCO4)C(=O)O2)C1. The van der Waals surface area contributed by atoms with Crippen molar-refractivity contribution in [3.8, 4) is 17.6 Å². The van der Waals surface area contributed by atoms with Crippen molar-refractivity contribution in [1.82, 2.24) is 9.55 Å². The van der Waals surface area contributed by atoms with Crippen LogP contribution in [0.5, 0.6) is 11.5 Å². The Balaban J connectivity index is 1.24. The van der Waals surface area contributed by atoms with E-state index in [0.29, 0.717) is 36.8 Å². The van der Waals surface area contributed by atoms with Crippen LogP contribution in [0.3, 0.4) is 0 Å². The van der Waals surface area contributed by atoms with Gasteiger partial charge in [0, 0.05) is 12.6 Å². The number of amides is 1. The van der Waals surface area contributed by atoms with E-state index in [1.807, 2.05) is 36.7 Å². The summed E-state index contributed by atoms with van der Waals surface area (Å²) < 4.78 is 19.5. The molecule has 1 aliphatic carbocycles. The van der Waals surface area contributed by atoms with Gasteiger partial charge in [-0.3, -0.25) is 4.90 Å². The maximum atomic E-state index is 13.0. The summed E-state index contributed by atoms with van der Waals surface area (Å²) in [5, 5.41) is 9.30. The van der Waals surface area contributed by atoms with E-state index in [-0.39, 0.29) is 11.5 Å². The van der Waals surface area contributed by atoms with Gasteiger partial charge >= 0.3 is 6.09 Å². The van der Waals surface area contributed by atoms with Crippen molar-refractivity contribution in [1.29, 1.82) is 5.26 Å². The number of anilines is 1. The molecule has 8 heteroatoms. The summed E-state index contributed by atoms with van der Waals surface area (Å²) in [7, 11) is 0. The number of hydrogen-bond donors (Lipinski definition) is 0. The maximum absolute atomic E-state index is 13.0. The van der Waals surface area contributed by atoms with Crippen LogP contribution in [0, 0.1) is 16.7 Å². The van der Waals surface area contributed by atoms with Crippen molar-refractivity contribution in [2.45, 2.75) is 44.8 Å². The van der Waals surface area contributed by atoms with E-state index in [2.05, 4.69) is 22.5 Å². The minimum atomic E-state index is -0.522. The summed E-state index contributed by atoms with van der Waals surface area (Å²) in [6.07, 6.45) is 5.17. The number of ether oxygens (including phenoxy) is 3. The van der Waals surface area contributed by atoms with Gasteiger partial charge in [-0.25, -0.2) is 9.78 Å².